The van der Waals surface area contributed by atoms with E-state index in [1.54, 1.807) is 5.30 Å². The Balaban J connectivity index is 1.76. The second-order valence-corrected chi connectivity index (χ2v) is 11.5. The van der Waals surface area contributed by atoms with E-state index in [-0.39, 0.29) is 15.8 Å². The van der Waals surface area contributed by atoms with Crippen LogP contribution in [0.25, 0.3) is 0 Å². The first-order valence-corrected chi connectivity index (χ1v) is 11.7. The van der Waals surface area contributed by atoms with Crippen molar-refractivity contribution >= 4 is 31.8 Å². The quantitative estimate of drug-likeness (QED) is 0.579. The van der Waals surface area contributed by atoms with Crippen LogP contribution >= 0.6 is 15.8 Å². The third kappa shape index (κ3) is 3.32. The van der Waals surface area contributed by atoms with Crippen LogP contribution in [0.5, 0.6) is 0 Å². The van der Waals surface area contributed by atoms with Crippen molar-refractivity contribution < 1.29 is 0 Å². The van der Waals surface area contributed by atoms with Crippen molar-refractivity contribution in [3.05, 3.63) is 91.0 Å². The van der Waals surface area contributed by atoms with E-state index in [9.17, 15) is 0 Å². The molecule has 3 aromatic rings. The van der Waals surface area contributed by atoms with E-state index in [1.807, 2.05) is 0 Å². The van der Waals surface area contributed by atoms with Gasteiger partial charge in [0.05, 0.1) is 0 Å². The largest absolute Gasteiger partial charge is 0.0671 e. The lowest BCUT2D eigenvalue weighted by atomic mass is 10.4. The lowest BCUT2D eigenvalue weighted by Crippen LogP contribution is -2.21. The van der Waals surface area contributed by atoms with E-state index in [0.29, 0.717) is 0 Å². The van der Waals surface area contributed by atoms with Gasteiger partial charge >= 0.3 is 0 Å². The maximum atomic E-state index is 2.35. The lowest BCUT2D eigenvalue weighted by molar-refractivity contribution is 0.920. The van der Waals surface area contributed by atoms with Gasteiger partial charge in [0.1, 0.15) is 0 Å². The molecule has 2 unspecified atom stereocenters. The Morgan fingerprint density at radius 1 is 0.667 bits per heavy atom. The highest BCUT2D eigenvalue weighted by molar-refractivity contribution is 7.86. The molecule has 2 atom stereocenters. The van der Waals surface area contributed by atoms with E-state index < -0.39 is 0 Å². The molecule has 1 aliphatic rings. The maximum absolute atomic E-state index is 2.35. The predicted octanol–water partition coefficient (Wildman–Crippen LogP) is 5.05. The zero-order chi connectivity index (χ0) is 16.2. The van der Waals surface area contributed by atoms with Crippen LogP contribution in [0.1, 0.15) is 12.8 Å². The molecule has 0 nitrogen and oxygen atoms in total. The van der Waals surface area contributed by atoms with Crippen LogP contribution in [0, 0.1) is 0 Å². The average molecular weight is 348 g/mol. The van der Waals surface area contributed by atoms with Gasteiger partial charge in [-0.05, 0) is 42.8 Å². The predicted molar refractivity (Wildman–Crippen MR) is 110 cm³/mol. The number of hydrogen-bond acceptors (Lipinski definition) is 0. The Hall–Kier alpha value is -1.48. The summed E-state index contributed by atoms with van der Waals surface area (Å²) in [6.45, 7) is 0. The number of hydrogen-bond donors (Lipinski definition) is 0. The summed E-state index contributed by atoms with van der Waals surface area (Å²) in [5.74, 6) is 0. The Kier molecular flexibility index (Phi) is 5.07. The smallest absolute Gasteiger partial charge is 0.0115 e. The molecule has 2 heteroatoms. The van der Waals surface area contributed by atoms with Gasteiger partial charge in [-0.25, -0.2) is 0 Å². The van der Waals surface area contributed by atoms with Gasteiger partial charge in [-0.2, -0.15) is 0 Å². The van der Waals surface area contributed by atoms with Gasteiger partial charge in [0.25, 0.3) is 0 Å². The van der Waals surface area contributed by atoms with Gasteiger partial charge in [-0.1, -0.05) is 98.9 Å². The topological polar surface area (TPSA) is 0 Å². The van der Waals surface area contributed by atoms with E-state index >= 15 is 0 Å². The lowest BCUT2D eigenvalue weighted by Gasteiger charge is -2.30. The van der Waals surface area contributed by atoms with Crippen molar-refractivity contribution in [2.45, 2.75) is 18.2 Å². The van der Waals surface area contributed by atoms with Crippen molar-refractivity contribution in [3.63, 3.8) is 0 Å². The molecule has 1 heterocycles. The van der Waals surface area contributed by atoms with Crippen LogP contribution in [0.4, 0.5) is 0 Å². The van der Waals surface area contributed by atoms with Gasteiger partial charge in [0.15, 0.2) is 0 Å². The van der Waals surface area contributed by atoms with Gasteiger partial charge in [0.2, 0.25) is 0 Å². The number of rotatable bonds is 4. The first-order chi connectivity index (χ1) is 11.9. The molecule has 0 saturated carbocycles. The Labute approximate surface area is 147 Å². The highest BCUT2D eigenvalue weighted by Gasteiger charge is 2.35. The Bertz CT molecular complexity index is 716. The molecular weight excluding hydrogens is 326 g/mol. The van der Waals surface area contributed by atoms with Gasteiger partial charge in [0, 0.05) is 5.40 Å². The molecular formula is C22H22P2. The minimum absolute atomic E-state index is 0.0615. The maximum Gasteiger partial charge on any atom is 0.0115 e. The molecule has 1 fully saturated rings. The summed E-state index contributed by atoms with van der Waals surface area (Å²) in [5.41, 5.74) is 0. The fraction of sp³-hybridized carbons (Fsp3) is 0.182. The molecule has 0 amide bonds. The average Bonchev–Trinajstić information content (AvgIpc) is 3.14. The van der Waals surface area contributed by atoms with Crippen molar-refractivity contribution in [3.8, 4) is 0 Å². The second kappa shape index (κ2) is 7.60. The third-order valence-electron chi connectivity index (χ3n) is 4.68. The van der Waals surface area contributed by atoms with Crippen molar-refractivity contribution in [1.29, 1.82) is 0 Å². The van der Waals surface area contributed by atoms with Crippen molar-refractivity contribution in [2.24, 2.45) is 0 Å². The minimum atomic E-state index is -0.286. The summed E-state index contributed by atoms with van der Waals surface area (Å²) in [6, 6.07) is 33.7. The van der Waals surface area contributed by atoms with Crippen molar-refractivity contribution in [1.82, 2.24) is 0 Å². The van der Waals surface area contributed by atoms with E-state index in [1.165, 1.54) is 29.6 Å². The SMILES string of the molecule is c1ccc(P2CCCC2P(c2ccccc2)c2ccccc2)cc1. The van der Waals surface area contributed by atoms with Gasteiger partial charge in [-0.15, -0.1) is 0 Å². The van der Waals surface area contributed by atoms with Gasteiger partial charge in [-0.3, -0.25) is 0 Å². The van der Waals surface area contributed by atoms with Crippen LogP contribution in [0.2, 0.25) is 0 Å². The summed E-state index contributed by atoms with van der Waals surface area (Å²) in [7, 11) is -0.348. The summed E-state index contributed by atoms with van der Waals surface area (Å²) in [5, 5.41) is 5.47. The third-order valence-corrected chi connectivity index (χ3v) is 11.5. The molecule has 0 bridgehead atoms. The summed E-state index contributed by atoms with van der Waals surface area (Å²) < 4.78 is 0. The van der Waals surface area contributed by atoms with E-state index in [4.69, 9.17) is 0 Å². The van der Waals surface area contributed by atoms with Crippen LogP contribution in [0.3, 0.4) is 0 Å². The normalized spacial score (nSPS) is 20.4. The van der Waals surface area contributed by atoms with Crippen LogP contribution in [-0.2, 0) is 0 Å². The standard InChI is InChI=1S/C22H22P2/c1-4-11-19(12-5-1)23-18-10-17-22(23)24(20-13-6-2-7-14-20)21-15-8-3-9-16-21/h1-9,11-16,22H,10,17-18H2. The first-order valence-electron chi connectivity index (χ1n) is 8.64. The van der Waals surface area contributed by atoms with Crippen LogP contribution < -0.4 is 15.9 Å². The molecule has 3 aromatic carbocycles. The summed E-state index contributed by atoms with van der Waals surface area (Å²) in [4.78, 5) is 0. The molecule has 0 spiro atoms. The molecule has 0 aliphatic carbocycles. The van der Waals surface area contributed by atoms with E-state index in [0.717, 1.165) is 5.40 Å². The van der Waals surface area contributed by atoms with E-state index in [2.05, 4.69) is 91.0 Å². The summed E-state index contributed by atoms with van der Waals surface area (Å²) >= 11 is 0. The highest BCUT2D eigenvalue weighted by atomic mass is 31.2. The molecule has 120 valence electrons. The zero-order valence-corrected chi connectivity index (χ0v) is 15.5. The molecule has 0 radical (unpaired) electrons. The molecule has 1 saturated heterocycles. The monoisotopic (exact) mass is 348 g/mol. The second-order valence-electron chi connectivity index (χ2n) is 6.19. The van der Waals surface area contributed by atoms with Crippen LogP contribution in [0.15, 0.2) is 91.0 Å². The fourth-order valence-corrected chi connectivity index (χ4v) is 11.2. The highest BCUT2D eigenvalue weighted by Crippen LogP contribution is 2.62. The Morgan fingerprint density at radius 2 is 1.17 bits per heavy atom. The summed E-state index contributed by atoms with van der Waals surface area (Å²) in [6.07, 6.45) is 4.14. The van der Waals surface area contributed by atoms with Crippen molar-refractivity contribution in [2.75, 3.05) is 6.16 Å². The van der Waals surface area contributed by atoms with Crippen LogP contribution in [-0.4, -0.2) is 11.6 Å². The van der Waals surface area contributed by atoms with Gasteiger partial charge < -0.3 is 0 Å². The molecule has 24 heavy (non-hydrogen) atoms. The zero-order valence-electron chi connectivity index (χ0n) is 13.8. The number of benzene rings is 3. The molecule has 4 rings (SSSR count). The minimum Gasteiger partial charge on any atom is -0.0671 e. The fourth-order valence-electron chi connectivity index (χ4n) is 3.61. The molecule has 0 N–H and O–H groups in total. The molecule has 1 aliphatic heterocycles. The molecule has 0 aromatic heterocycles. The Morgan fingerprint density at radius 3 is 1.71 bits per heavy atom. The first kappa shape index (κ1) is 16.0.